The minimum atomic E-state index is -0.303. The maximum Gasteiger partial charge on any atom is 0.341 e. The molecule has 0 saturated heterocycles. The first kappa shape index (κ1) is 13.0. The Hall–Kier alpha value is -2.75. The third-order valence-electron chi connectivity index (χ3n) is 4.00. The highest BCUT2D eigenvalue weighted by Gasteiger charge is 2.23. The molecular weight excluding hydrogens is 276 g/mol. The molecule has 0 unspecified atom stereocenters. The third kappa shape index (κ3) is 2.13. The van der Waals surface area contributed by atoms with Crippen LogP contribution in [0.4, 0.5) is 0 Å². The van der Waals surface area contributed by atoms with Gasteiger partial charge in [0.25, 0.3) is 0 Å². The van der Waals surface area contributed by atoms with Crippen LogP contribution in [0.15, 0.2) is 52.6 Å². The predicted octanol–water partition coefficient (Wildman–Crippen LogP) is 3.00. The number of carbonyl (C=O) groups excluding carboxylic acids is 1. The molecule has 0 aliphatic carbocycles. The first-order chi connectivity index (χ1) is 10.7. The van der Waals surface area contributed by atoms with E-state index in [0.717, 1.165) is 22.4 Å². The maximum absolute atomic E-state index is 11.2. The molecule has 2 aliphatic rings. The molecule has 0 spiro atoms. The van der Waals surface area contributed by atoms with Crippen molar-refractivity contribution >= 4 is 17.4 Å². The maximum atomic E-state index is 11.2. The fraction of sp³-hybridized carbons (Fsp3) is 0.167. The molecule has 0 aromatic heterocycles. The number of aryl methyl sites for hydroxylation is 1. The summed E-state index contributed by atoms with van der Waals surface area (Å²) in [6, 6.07) is 14.5. The van der Waals surface area contributed by atoms with Crippen LogP contribution < -0.4 is 0 Å². The lowest BCUT2D eigenvalue weighted by molar-refractivity contribution is -0.140. The zero-order chi connectivity index (χ0) is 15.1. The van der Waals surface area contributed by atoms with Gasteiger partial charge < -0.3 is 4.84 Å². The molecule has 2 heterocycles. The molecule has 2 aromatic carbocycles. The monoisotopic (exact) mass is 290 g/mol. The molecule has 4 nitrogen and oxygen atoms in total. The van der Waals surface area contributed by atoms with Crippen LogP contribution >= 0.6 is 0 Å². The van der Waals surface area contributed by atoms with Gasteiger partial charge in [-0.25, -0.2) is 4.79 Å². The van der Waals surface area contributed by atoms with Crippen LogP contribution in [0.5, 0.6) is 0 Å². The van der Waals surface area contributed by atoms with Crippen molar-refractivity contribution in [3.63, 3.8) is 0 Å². The Balaban J connectivity index is 1.74. The molecule has 0 saturated carbocycles. The second-order valence-corrected chi connectivity index (χ2v) is 5.58. The Kier molecular flexibility index (Phi) is 2.89. The zero-order valence-corrected chi connectivity index (χ0v) is 12.2. The fourth-order valence-electron chi connectivity index (χ4n) is 2.78. The van der Waals surface area contributed by atoms with E-state index < -0.39 is 0 Å². The van der Waals surface area contributed by atoms with Crippen molar-refractivity contribution in [1.82, 2.24) is 0 Å². The average molecular weight is 290 g/mol. The first-order valence-corrected chi connectivity index (χ1v) is 7.22. The molecule has 2 aromatic rings. The van der Waals surface area contributed by atoms with Crippen LogP contribution in [0.25, 0.3) is 0 Å². The first-order valence-electron chi connectivity index (χ1n) is 7.22. The summed E-state index contributed by atoms with van der Waals surface area (Å²) in [6.07, 6.45) is 0.232. The van der Waals surface area contributed by atoms with E-state index in [0.29, 0.717) is 12.3 Å². The highest BCUT2D eigenvalue weighted by atomic mass is 16.7. The molecule has 0 radical (unpaired) electrons. The fourth-order valence-corrected chi connectivity index (χ4v) is 2.78. The van der Waals surface area contributed by atoms with Crippen LogP contribution in [0, 0.1) is 6.92 Å². The number of hydrogen-bond acceptors (Lipinski definition) is 4. The number of aliphatic imine (C=N–C) groups is 1. The van der Waals surface area contributed by atoms with Gasteiger partial charge in [0, 0.05) is 16.7 Å². The highest BCUT2D eigenvalue weighted by molar-refractivity contribution is 6.17. The number of hydrogen-bond donors (Lipinski definition) is 0. The summed E-state index contributed by atoms with van der Waals surface area (Å²) in [6.45, 7) is 2.77. The number of fused-ring (bicyclic) bond motifs is 1. The quantitative estimate of drug-likeness (QED) is 0.798. The molecule has 0 atom stereocenters. The zero-order valence-electron chi connectivity index (χ0n) is 12.2. The summed E-state index contributed by atoms with van der Waals surface area (Å²) in [5.41, 5.74) is 7.26. The van der Waals surface area contributed by atoms with E-state index in [-0.39, 0.29) is 12.4 Å². The van der Waals surface area contributed by atoms with Gasteiger partial charge in [0.2, 0.25) is 0 Å². The highest BCUT2D eigenvalue weighted by Crippen LogP contribution is 2.26. The van der Waals surface area contributed by atoms with E-state index in [2.05, 4.69) is 58.3 Å². The number of nitrogens with zero attached hydrogens (tertiary/aromatic N) is 2. The second kappa shape index (κ2) is 4.91. The van der Waals surface area contributed by atoms with Crippen molar-refractivity contribution in [3.05, 3.63) is 70.3 Å². The molecule has 108 valence electrons. The lowest BCUT2D eigenvalue weighted by Crippen LogP contribution is -2.05. The summed E-state index contributed by atoms with van der Waals surface area (Å²) in [4.78, 5) is 20.6. The summed E-state index contributed by atoms with van der Waals surface area (Å²) >= 11 is 0. The van der Waals surface area contributed by atoms with Crippen LogP contribution in [-0.2, 0) is 16.2 Å². The van der Waals surface area contributed by atoms with Gasteiger partial charge in [-0.3, -0.25) is 4.99 Å². The average Bonchev–Trinajstić information content (AvgIpc) is 3.14. The van der Waals surface area contributed by atoms with Gasteiger partial charge >= 0.3 is 5.97 Å². The summed E-state index contributed by atoms with van der Waals surface area (Å²) in [5, 5.41) is 3.85. The summed E-state index contributed by atoms with van der Waals surface area (Å²) < 4.78 is 0. The topological polar surface area (TPSA) is 51.0 Å². The van der Waals surface area contributed by atoms with Crippen molar-refractivity contribution < 1.29 is 9.63 Å². The van der Waals surface area contributed by atoms with Crippen molar-refractivity contribution in [2.24, 2.45) is 10.1 Å². The van der Waals surface area contributed by atoms with Crippen LogP contribution in [0.1, 0.15) is 34.2 Å². The number of rotatable bonds is 2. The third-order valence-corrected chi connectivity index (χ3v) is 4.00. The Morgan fingerprint density at radius 2 is 1.82 bits per heavy atom. The Labute approximate surface area is 128 Å². The lowest BCUT2D eigenvalue weighted by atomic mass is 9.95. The van der Waals surface area contributed by atoms with Gasteiger partial charge in [-0.2, -0.15) is 0 Å². The van der Waals surface area contributed by atoms with E-state index >= 15 is 0 Å². The van der Waals surface area contributed by atoms with Crippen molar-refractivity contribution in [2.75, 3.05) is 0 Å². The van der Waals surface area contributed by atoms with Gasteiger partial charge in [0.05, 0.1) is 24.4 Å². The van der Waals surface area contributed by atoms with E-state index in [1.807, 2.05) is 6.07 Å². The smallest absolute Gasteiger partial charge is 0.318 e. The van der Waals surface area contributed by atoms with Crippen molar-refractivity contribution in [2.45, 2.75) is 19.9 Å². The molecule has 0 bridgehead atoms. The molecule has 22 heavy (non-hydrogen) atoms. The van der Waals surface area contributed by atoms with Gasteiger partial charge in [-0.05, 0) is 18.6 Å². The Bertz CT molecular complexity index is 833. The number of benzene rings is 2. The standard InChI is InChI=1S/C18H14N2O2/c1-11-2-4-12(5-3-11)18-15-8-13(6-7-14(15)10-19-18)16-9-17(21)22-20-16/h2-8H,9-10H2,1H3. The normalized spacial score (nSPS) is 16.1. The van der Waals surface area contributed by atoms with Gasteiger partial charge in [0.15, 0.2) is 0 Å². The summed E-state index contributed by atoms with van der Waals surface area (Å²) in [7, 11) is 0. The SMILES string of the molecule is Cc1ccc(C2=NCc3ccc(C4=NOC(=O)C4)cc32)cc1. The molecule has 2 aliphatic heterocycles. The second-order valence-electron chi connectivity index (χ2n) is 5.58. The van der Waals surface area contributed by atoms with E-state index in [1.165, 1.54) is 11.1 Å². The van der Waals surface area contributed by atoms with Crippen molar-refractivity contribution in [1.29, 1.82) is 0 Å². The van der Waals surface area contributed by atoms with Gasteiger partial charge in [-0.15, -0.1) is 0 Å². The number of oxime groups is 1. The Morgan fingerprint density at radius 3 is 2.55 bits per heavy atom. The van der Waals surface area contributed by atoms with E-state index in [9.17, 15) is 4.79 Å². The number of carbonyl (C=O) groups is 1. The lowest BCUT2D eigenvalue weighted by Gasteiger charge is -2.07. The largest absolute Gasteiger partial charge is 0.341 e. The van der Waals surface area contributed by atoms with Gasteiger partial charge in [-0.1, -0.05) is 47.1 Å². The Morgan fingerprint density at radius 1 is 1.05 bits per heavy atom. The molecular formula is C18H14N2O2. The van der Waals surface area contributed by atoms with Crippen LogP contribution in [0.3, 0.4) is 0 Å². The summed E-state index contributed by atoms with van der Waals surface area (Å²) in [5.74, 6) is -0.303. The minimum absolute atomic E-state index is 0.232. The molecule has 4 rings (SSSR count). The minimum Gasteiger partial charge on any atom is -0.318 e. The van der Waals surface area contributed by atoms with Crippen LogP contribution in [0.2, 0.25) is 0 Å². The van der Waals surface area contributed by atoms with Gasteiger partial charge in [0.1, 0.15) is 0 Å². The van der Waals surface area contributed by atoms with E-state index in [4.69, 9.17) is 0 Å². The molecule has 4 heteroatoms. The molecule has 0 fully saturated rings. The molecule has 0 amide bonds. The van der Waals surface area contributed by atoms with Crippen molar-refractivity contribution in [3.8, 4) is 0 Å². The predicted molar refractivity (Wildman–Crippen MR) is 84.2 cm³/mol. The van der Waals surface area contributed by atoms with E-state index in [1.54, 1.807) is 0 Å². The van der Waals surface area contributed by atoms with Crippen LogP contribution in [-0.4, -0.2) is 17.4 Å². The molecule has 0 N–H and O–H groups in total.